The third-order valence-corrected chi connectivity index (χ3v) is 5.27. The van der Waals surface area contributed by atoms with Gasteiger partial charge in [-0.05, 0) is 43.4 Å². The number of nitrogens with zero attached hydrogens (tertiary/aromatic N) is 2. The number of nitrogens with one attached hydrogen (secondary N) is 1. The zero-order chi connectivity index (χ0) is 15.0. The minimum Gasteiger partial charge on any atom is -0.392 e. The van der Waals surface area contributed by atoms with E-state index >= 15 is 0 Å². The highest BCUT2D eigenvalue weighted by Gasteiger charge is 2.22. The number of aromatic amines is 1. The second-order valence-electron chi connectivity index (χ2n) is 5.43. The molecule has 0 amide bonds. The first-order valence-corrected chi connectivity index (χ1v) is 8.56. The molecule has 0 radical (unpaired) electrons. The van der Waals surface area contributed by atoms with E-state index in [2.05, 4.69) is 21.2 Å². The molecule has 0 bridgehead atoms. The number of H-pyrrole nitrogens is 1. The molecule has 1 heterocycles. The van der Waals surface area contributed by atoms with Crippen LogP contribution < -0.4 is 0 Å². The first-order valence-electron chi connectivity index (χ1n) is 6.91. The average molecular weight is 307 g/mol. The second kappa shape index (κ2) is 5.23. The van der Waals surface area contributed by atoms with Crippen molar-refractivity contribution in [2.75, 3.05) is 5.75 Å². The molecule has 3 rings (SSSR count). The highest BCUT2D eigenvalue weighted by atomic mass is 32.2. The summed E-state index contributed by atoms with van der Waals surface area (Å²) in [6, 6.07) is 5.99. The van der Waals surface area contributed by atoms with E-state index in [1.54, 1.807) is 0 Å². The first-order chi connectivity index (χ1) is 9.95. The fourth-order valence-corrected chi connectivity index (χ4v) is 3.83. The largest absolute Gasteiger partial charge is 0.392 e. The second-order valence-corrected chi connectivity index (χ2v) is 7.38. The molecule has 2 N–H and O–H groups in total. The molecule has 112 valence electrons. The summed E-state index contributed by atoms with van der Waals surface area (Å²) in [6.07, 6.45) is 2.35. The molecular weight excluding hydrogens is 290 g/mol. The fraction of sp³-hybridized carbons (Fsp3) is 0.429. The smallest absolute Gasteiger partial charge is 0.243 e. The van der Waals surface area contributed by atoms with Gasteiger partial charge in [0.15, 0.2) is 5.82 Å². The van der Waals surface area contributed by atoms with E-state index in [1.807, 2.05) is 12.1 Å². The van der Waals surface area contributed by atoms with E-state index in [1.165, 1.54) is 18.1 Å². The van der Waals surface area contributed by atoms with Crippen LogP contribution in [0, 0.1) is 0 Å². The van der Waals surface area contributed by atoms with E-state index in [4.69, 9.17) is 0 Å². The van der Waals surface area contributed by atoms with Crippen LogP contribution in [-0.2, 0) is 22.7 Å². The van der Waals surface area contributed by atoms with E-state index in [-0.39, 0.29) is 10.9 Å². The fourth-order valence-electron chi connectivity index (χ4n) is 2.62. The lowest BCUT2D eigenvalue weighted by molar-refractivity contribution is 0.218. The Morgan fingerprint density at radius 3 is 2.86 bits per heavy atom. The monoisotopic (exact) mass is 307 g/mol. The van der Waals surface area contributed by atoms with Crippen molar-refractivity contribution in [1.82, 2.24) is 15.2 Å². The van der Waals surface area contributed by atoms with E-state index in [0.29, 0.717) is 5.82 Å². The summed E-state index contributed by atoms with van der Waals surface area (Å²) in [6.45, 7) is 1.43. The van der Waals surface area contributed by atoms with Crippen LogP contribution in [0.25, 0.3) is 11.4 Å². The summed E-state index contributed by atoms with van der Waals surface area (Å²) in [5, 5.41) is 15.5. The van der Waals surface area contributed by atoms with Crippen LogP contribution in [0.2, 0.25) is 0 Å². The van der Waals surface area contributed by atoms with Gasteiger partial charge in [0.05, 0.1) is 11.9 Å². The van der Waals surface area contributed by atoms with Crippen LogP contribution in [0.3, 0.4) is 0 Å². The molecule has 1 aliphatic rings. The van der Waals surface area contributed by atoms with Gasteiger partial charge in [0.1, 0.15) is 0 Å². The molecule has 0 saturated carbocycles. The number of aliphatic hydroxyl groups excluding tert-OH is 1. The van der Waals surface area contributed by atoms with Crippen LogP contribution in [0.5, 0.6) is 0 Å². The summed E-state index contributed by atoms with van der Waals surface area (Å²) >= 11 is 0. The Balaban J connectivity index is 1.92. The number of rotatable bonds is 4. The van der Waals surface area contributed by atoms with Crippen LogP contribution in [0.4, 0.5) is 0 Å². The van der Waals surface area contributed by atoms with Gasteiger partial charge in [-0.15, -0.1) is 0 Å². The van der Waals surface area contributed by atoms with E-state index in [0.717, 1.165) is 24.8 Å². The predicted octanol–water partition coefficient (Wildman–Crippen LogP) is 1.11. The highest BCUT2D eigenvalue weighted by molar-refractivity contribution is 7.91. The maximum absolute atomic E-state index is 12.0. The SMILES string of the molecule is CC(O)CS(=O)(=O)c1nc(-c2ccc3c(c2)CCC3)n[nH]1. The molecule has 1 unspecified atom stereocenters. The normalized spacial score (nSPS) is 15.9. The van der Waals surface area contributed by atoms with Crippen LogP contribution >= 0.6 is 0 Å². The minimum absolute atomic E-state index is 0.195. The molecule has 2 aromatic rings. The topological polar surface area (TPSA) is 95.9 Å². The molecular formula is C14H17N3O3S. The Kier molecular flexibility index (Phi) is 3.54. The van der Waals surface area contributed by atoms with Crippen LogP contribution in [0.1, 0.15) is 24.5 Å². The number of aryl methyl sites for hydroxylation is 2. The minimum atomic E-state index is -3.64. The molecule has 0 fully saturated rings. The molecule has 1 atom stereocenters. The zero-order valence-electron chi connectivity index (χ0n) is 11.7. The third kappa shape index (κ3) is 2.84. The van der Waals surface area contributed by atoms with Gasteiger partial charge in [-0.2, -0.15) is 10.1 Å². The Labute approximate surface area is 123 Å². The standard InChI is InChI=1S/C14H17N3O3S/c1-9(18)8-21(19,20)14-15-13(16-17-14)12-6-5-10-3-2-4-11(10)7-12/h5-7,9,18H,2-4,8H2,1H3,(H,15,16,17). The molecule has 1 aromatic heterocycles. The molecule has 7 heteroatoms. The number of benzene rings is 1. The molecule has 0 saturated heterocycles. The van der Waals surface area contributed by atoms with Gasteiger partial charge in [-0.25, -0.2) is 13.5 Å². The molecule has 1 aliphatic carbocycles. The molecule has 0 aliphatic heterocycles. The highest BCUT2D eigenvalue weighted by Crippen LogP contribution is 2.26. The summed E-state index contributed by atoms with van der Waals surface area (Å²) in [5.74, 6) is 0.0000971. The van der Waals surface area contributed by atoms with Gasteiger partial charge in [0, 0.05) is 5.56 Å². The van der Waals surface area contributed by atoms with Crippen molar-refractivity contribution >= 4 is 9.84 Å². The van der Waals surface area contributed by atoms with Crippen molar-refractivity contribution in [3.8, 4) is 11.4 Å². The summed E-state index contributed by atoms with van der Waals surface area (Å²) in [5.41, 5.74) is 3.44. The molecule has 0 spiro atoms. The molecule has 21 heavy (non-hydrogen) atoms. The van der Waals surface area contributed by atoms with Gasteiger partial charge < -0.3 is 5.11 Å². The van der Waals surface area contributed by atoms with Gasteiger partial charge in [0.25, 0.3) is 0 Å². The number of hydrogen-bond donors (Lipinski definition) is 2. The number of hydrogen-bond acceptors (Lipinski definition) is 5. The molecule has 1 aromatic carbocycles. The van der Waals surface area contributed by atoms with Gasteiger partial charge in [0.2, 0.25) is 15.0 Å². The Morgan fingerprint density at radius 1 is 1.33 bits per heavy atom. The summed E-state index contributed by atoms with van der Waals surface area (Å²) in [4.78, 5) is 4.06. The van der Waals surface area contributed by atoms with Crippen molar-refractivity contribution in [2.24, 2.45) is 0 Å². The van der Waals surface area contributed by atoms with Crippen molar-refractivity contribution in [1.29, 1.82) is 0 Å². The third-order valence-electron chi connectivity index (χ3n) is 3.58. The lowest BCUT2D eigenvalue weighted by atomic mass is 10.1. The van der Waals surface area contributed by atoms with E-state index < -0.39 is 15.9 Å². The van der Waals surface area contributed by atoms with Crippen LogP contribution in [0.15, 0.2) is 23.4 Å². The maximum atomic E-state index is 12.0. The summed E-state index contributed by atoms with van der Waals surface area (Å²) in [7, 11) is -3.64. The first kappa shape index (κ1) is 14.2. The number of sulfone groups is 1. The Bertz CT molecular complexity index is 766. The number of fused-ring (bicyclic) bond motifs is 1. The van der Waals surface area contributed by atoms with Crippen molar-refractivity contribution in [2.45, 2.75) is 37.4 Å². The van der Waals surface area contributed by atoms with Gasteiger partial charge in [-0.3, -0.25) is 0 Å². The number of aromatic nitrogens is 3. The number of aliphatic hydroxyl groups is 1. The Hall–Kier alpha value is -1.73. The quantitative estimate of drug-likeness (QED) is 0.882. The zero-order valence-corrected chi connectivity index (χ0v) is 12.5. The van der Waals surface area contributed by atoms with Crippen molar-refractivity contribution in [3.63, 3.8) is 0 Å². The van der Waals surface area contributed by atoms with Gasteiger partial charge in [-0.1, -0.05) is 12.1 Å². The predicted molar refractivity (Wildman–Crippen MR) is 77.6 cm³/mol. The summed E-state index contributed by atoms with van der Waals surface area (Å²) < 4.78 is 24.0. The van der Waals surface area contributed by atoms with Crippen molar-refractivity contribution in [3.05, 3.63) is 29.3 Å². The van der Waals surface area contributed by atoms with Crippen LogP contribution in [-0.4, -0.2) is 40.6 Å². The lowest BCUT2D eigenvalue weighted by Crippen LogP contribution is -2.18. The maximum Gasteiger partial charge on any atom is 0.243 e. The van der Waals surface area contributed by atoms with Crippen molar-refractivity contribution < 1.29 is 13.5 Å². The van der Waals surface area contributed by atoms with Gasteiger partial charge >= 0.3 is 0 Å². The average Bonchev–Trinajstić information content (AvgIpc) is 3.06. The molecule has 6 nitrogen and oxygen atoms in total. The van der Waals surface area contributed by atoms with E-state index in [9.17, 15) is 13.5 Å². The Morgan fingerprint density at radius 2 is 2.10 bits per heavy atom. The lowest BCUT2D eigenvalue weighted by Gasteiger charge is -2.02.